The Bertz CT molecular complexity index is 1010. The molecule has 3 rings (SSSR count). The number of esters is 2. The highest BCUT2D eigenvalue weighted by molar-refractivity contribution is 6.03. The largest absolute Gasteiger partial charge is 0.478 e. The number of hydrogen-bond donors (Lipinski definition) is 4. The zero-order valence-electron chi connectivity index (χ0n) is 17.7. The molecule has 0 aromatic heterocycles. The lowest BCUT2D eigenvalue weighted by Gasteiger charge is -2.36. The highest BCUT2D eigenvalue weighted by atomic mass is 16.6. The molecule has 1 aromatic rings. The van der Waals surface area contributed by atoms with Gasteiger partial charge in [-0.05, 0) is 12.1 Å². The molecule has 176 valence electrons. The Kier molecular flexibility index (Phi) is 7.21. The summed E-state index contributed by atoms with van der Waals surface area (Å²) in [6.07, 6.45) is -0.157. The van der Waals surface area contributed by atoms with E-state index in [-0.39, 0.29) is 43.0 Å². The number of ether oxygens (including phenoxy) is 3. The number of likely N-dealkylation sites (N-methyl/N-ethyl adjacent to an activating group) is 1. The number of aliphatic hydroxyl groups excluding tert-OH is 1. The minimum absolute atomic E-state index is 0.0600. The molecule has 2 amide bonds. The van der Waals surface area contributed by atoms with Gasteiger partial charge in [0.1, 0.15) is 24.7 Å². The molecule has 2 aliphatic heterocycles. The highest BCUT2D eigenvalue weighted by Gasteiger charge is 2.54. The fourth-order valence-electron chi connectivity index (χ4n) is 3.57. The number of nitrogens with zero attached hydrogens (tertiary/aromatic N) is 1. The van der Waals surface area contributed by atoms with Crippen molar-refractivity contribution in [3.63, 3.8) is 0 Å². The molecule has 33 heavy (non-hydrogen) atoms. The summed E-state index contributed by atoms with van der Waals surface area (Å²) < 4.78 is 16.1. The first-order valence-corrected chi connectivity index (χ1v) is 10.1. The van der Waals surface area contributed by atoms with Crippen LogP contribution in [0.15, 0.2) is 36.5 Å². The molecule has 4 N–H and O–H groups in total. The van der Waals surface area contributed by atoms with Crippen molar-refractivity contribution in [2.24, 2.45) is 0 Å². The quantitative estimate of drug-likeness (QED) is 0.319. The normalized spacial score (nSPS) is 26.5. The van der Waals surface area contributed by atoms with Crippen molar-refractivity contribution in [2.45, 2.75) is 31.3 Å². The van der Waals surface area contributed by atoms with Crippen LogP contribution in [0.25, 0.3) is 0 Å². The van der Waals surface area contributed by atoms with Gasteiger partial charge in [0.25, 0.3) is 0 Å². The lowest BCUT2D eigenvalue weighted by Crippen LogP contribution is -2.62. The van der Waals surface area contributed by atoms with E-state index < -0.39 is 46.9 Å². The standard InChI is InChI=1S/C21H23N3O9/c1-24(8-6-16(22)23-21(24)30)18-15(10-12(32-18)11-31-17(26)7-9-25)33-20(29)14-5-3-2-4-13(14)19(27)28/h2-6,8,12,15,18,25H,7,9-11H2,1H3,(H2-,22,23,27,28,30)/p+1/t12-,15+,18+,24?/m0/s1. The monoisotopic (exact) mass is 462 g/mol. The van der Waals surface area contributed by atoms with Crippen molar-refractivity contribution in [2.75, 3.05) is 20.3 Å². The summed E-state index contributed by atoms with van der Waals surface area (Å²) in [6, 6.07) is 4.95. The number of carbonyl (C=O) groups is 4. The molecule has 1 fully saturated rings. The lowest BCUT2D eigenvalue weighted by atomic mass is 10.1. The molecule has 0 saturated carbocycles. The third-order valence-electron chi connectivity index (χ3n) is 5.29. The SMILES string of the molecule is C[N+]1([C@@H]2O[C@H](COC(=O)CCO)C[C@H]2OC(=O)c2ccccc2C(=O)O)C=CC(=N)NC1=O. The maximum atomic E-state index is 12.8. The molecular weight excluding hydrogens is 438 g/mol. The van der Waals surface area contributed by atoms with Gasteiger partial charge in [-0.15, -0.1) is 0 Å². The molecule has 1 saturated heterocycles. The average molecular weight is 462 g/mol. The second kappa shape index (κ2) is 9.90. The minimum atomic E-state index is -1.30. The van der Waals surface area contributed by atoms with Crippen LogP contribution in [0.5, 0.6) is 0 Å². The predicted octanol–water partition coefficient (Wildman–Crippen LogP) is 0.612. The van der Waals surface area contributed by atoms with Gasteiger partial charge in [0.15, 0.2) is 6.10 Å². The summed E-state index contributed by atoms with van der Waals surface area (Å²) in [5.74, 6) is -2.97. The van der Waals surface area contributed by atoms with Crippen LogP contribution < -0.4 is 5.32 Å². The second-order valence-electron chi connectivity index (χ2n) is 7.64. The third-order valence-corrected chi connectivity index (χ3v) is 5.29. The van der Waals surface area contributed by atoms with Crippen molar-refractivity contribution in [3.05, 3.63) is 47.7 Å². The Balaban J connectivity index is 1.84. The predicted molar refractivity (Wildman–Crippen MR) is 110 cm³/mol. The number of carbonyl (C=O) groups excluding carboxylic acids is 3. The Labute approximate surface area is 188 Å². The van der Waals surface area contributed by atoms with E-state index in [9.17, 15) is 24.3 Å². The van der Waals surface area contributed by atoms with Gasteiger partial charge in [-0.25, -0.2) is 14.4 Å². The van der Waals surface area contributed by atoms with Crippen molar-refractivity contribution < 1.29 is 48.1 Å². The first kappa shape index (κ1) is 24.0. The van der Waals surface area contributed by atoms with E-state index in [2.05, 4.69) is 5.32 Å². The number of aromatic carboxylic acids is 1. The molecule has 0 aliphatic carbocycles. The van der Waals surface area contributed by atoms with E-state index in [1.807, 2.05) is 0 Å². The Morgan fingerprint density at radius 2 is 1.97 bits per heavy atom. The van der Waals surface area contributed by atoms with Crippen molar-refractivity contribution >= 4 is 29.8 Å². The molecule has 12 nitrogen and oxygen atoms in total. The van der Waals surface area contributed by atoms with Crippen LogP contribution in [0, 0.1) is 5.41 Å². The van der Waals surface area contributed by atoms with E-state index >= 15 is 0 Å². The molecule has 2 heterocycles. The molecule has 4 atom stereocenters. The maximum absolute atomic E-state index is 12.8. The number of carboxylic acid groups (broad SMARTS) is 1. The van der Waals surface area contributed by atoms with Crippen LogP contribution in [0.3, 0.4) is 0 Å². The first-order valence-electron chi connectivity index (χ1n) is 10.1. The molecule has 1 aromatic carbocycles. The number of carboxylic acids is 1. The Hall–Kier alpha value is -3.61. The summed E-state index contributed by atoms with van der Waals surface area (Å²) in [5, 5.41) is 28.2. The number of rotatable bonds is 8. The van der Waals surface area contributed by atoms with Crippen LogP contribution in [-0.2, 0) is 19.0 Å². The first-order chi connectivity index (χ1) is 15.7. The van der Waals surface area contributed by atoms with Crippen LogP contribution >= 0.6 is 0 Å². The number of nitrogens with one attached hydrogen (secondary N) is 2. The van der Waals surface area contributed by atoms with E-state index in [4.69, 9.17) is 24.7 Å². The number of amidine groups is 1. The molecule has 12 heteroatoms. The molecule has 0 radical (unpaired) electrons. The maximum Gasteiger partial charge on any atom is 0.428 e. The number of urea groups is 1. The number of amides is 2. The fraction of sp³-hybridized carbons (Fsp3) is 0.381. The van der Waals surface area contributed by atoms with E-state index in [1.165, 1.54) is 43.6 Å². The van der Waals surface area contributed by atoms with Gasteiger partial charge >= 0.3 is 23.9 Å². The van der Waals surface area contributed by atoms with Crippen molar-refractivity contribution in [1.82, 2.24) is 5.32 Å². The van der Waals surface area contributed by atoms with Gasteiger partial charge in [0.05, 0.1) is 31.2 Å². The van der Waals surface area contributed by atoms with Crippen molar-refractivity contribution in [3.8, 4) is 0 Å². The number of quaternary nitrogens is 1. The van der Waals surface area contributed by atoms with Crippen LogP contribution in [-0.4, -0.2) is 83.2 Å². The topological polar surface area (TPSA) is 172 Å². The molecule has 1 unspecified atom stereocenters. The van der Waals surface area contributed by atoms with Crippen LogP contribution in [0.4, 0.5) is 4.79 Å². The third kappa shape index (κ3) is 5.25. The van der Waals surface area contributed by atoms with Gasteiger partial charge in [-0.1, -0.05) is 12.1 Å². The van der Waals surface area contributed by atoms with Crippen molar-refractivity contribution in [1.29, 1.82) is 5.41 Å². The smallest absolute Gasteiger partial charge is 0.428 e. The highest BCUT2D eigenvalue weighted by Crippen LogP contribution is 2.32. The van der Waals surface area contributed by atoms with Gasteiger partial charge in [-0.3, -0.25) is 15.5 Å². The Morgan fingerprint density at radius 1 is 1.27 bits per heavy atom. The van der Waals surface area contributed by atoms with E-state index in [0.717, 1.165) is 0 Å². The molecular formula is C21H24N3O9+. The molecule has 0 bridgehead atoms. The van der Waals surface area contributed by atoms with Gasteiger partial charge < -0.3 is 24.4 Å². The van der Waals surface area contributed by atoms with Gasteiger partial charge in [-0.2, -0.15) is 4.48 Å². The van der Waals surface area contributed by atoms with Crippen LogP contribution in [0.1, 0.15) is 33.6 Å². The molecule has 2 aliphatic rings. The Morgan fingerprint density at radius 3 is 2.61 bits per heavy atom. The fourth-order valence-corrected chi connectivity index (χ4v) is 3.57. The van der Waals surface area contributed by atoms with Crippen LogP contribution in [0.2, 0.25) is 0 Å². The van der Waals surface area contributed by atoms with E-state index in [0.29, 0.717) is 0 Å². The number of aliphatic hydroxyl groups is 1. The zero-order valence-corrected chi connectivity index (χ0v) is 17.7. The summed E-state index contributed by atoms with van der Waals surface area (Å²) in [6.45, 7) is -0.571. The minimum Gasteiger partial charge on any atom is -0.478 e. The number of benzene rings is 1. The van der Waals surface area contributed by atoms with Gasteiger partial charge in [0.2, 0.25) is 6.23 Å². The summed E-state index contributed by atoms with van der Waals surface area (Å²) in [5.41, 5.74) is -0.401. The molecule has 0 spiro atoms. The zero-order chi connectivity index (χ0) is 24.2. The van der Waals surface area contributed by atoms with Gasteiger partial charge in [0, 0.05) is 12.5 Å². The average Bonchev–Trinajstić information content (AvgIpc) is 3.18. The summed E-state index contributed by atoms with van der Waals surface area (Å²) in [4.78, 5) is 48.6. The summed E-state index contributed by atoms with van der Waals surface area (Å²) >= 11 is 0. The van der Waals surface area contributed by atoms with E-state index in [1.54, 1.807) is 0 Å². The second-order valence-corrected chi connectivity index (χ2v) is 7.64. The number of hydrogen-bond acceptors (Lipinski definition) is 9. The lowest BCUT2D eigenvalue weighted by molar-refractivity contribution is -0.835. The summed E-state index contributed by atoms with van der Waals surface area (Å²) in [7, 11) is 1.50.